The fraction of sp³-hybridized carbons (Fsp3) is 0.500. The van der Waals surface area contributed by atoms with Gasteiger partial charge in [-0.25, -0.2) is 4.79 Å². The van der Waals surface area contributed by atoms with Crippen molar-refractivity contribution in [1.29, 1.82) is 0 Å². The lowest BCUT2D eigenvalue weighted by atomic mass is 10.1. The zero-order valence-corrected chi connectivity index (χ0v) is 12.0. The second kappa shape index (κ2) is 7.59. The molecule has 1 unspecified atom stereocenters. The number of carbonyl (C=O) groups excluding carboxylic acids is 1. The number of amides is 1. The summed E-state index contributed by atoms with van der Waals surface area (Å²) in [5, 5.41) is 9.13. The quantitative estimate of drug-likeness (QED) is 0.821. The summed E-state index contributed by atoms with van der Waals surface area (Å²) in [7, 11) is 1.56. The number of pyridine rings is 1. The summed E-state index contributed by atoms with van der Waals surface area (Å²) >= 11 is 0. The SMILES string of the molecule is CCC(C)N(CCOC)C(=O)c1ncccc1C(=O)O. The van der Waals surface area contributed by atoms with E-state index >= 15 is 0 Å². The Bertz CT molecular complexity index is 476. The maximum absolute atomic E-state index is 12.5. The Morgan fingerprint density at radius 2 is 2.20 bits per heavy atom. The Morgan fingerprint density at radius 3 is 2.75 bits per heavy atom. The van der Waals surface area contributed by atoms with E-state index in [1.807, 2.05) is 13.8 Å². The van der Waals surface area contributed by atoms with Crippen LogP contribution in [-0.4, -0.2) is 53.2 Å². The summed E-state index contributed by atoms with van der Waals surface area (Å²) in [6, 6.07) is 2.87. The van der Waals surface area contributed by atoms with Crippen LogP contribution < -0.4 is 0 Å². The van der Waals surface area contributed by atoms with Crippen LogP contribution in [0.5, 0.6) is 0 Å². The molecular formula is C14H20N2O4. The van der Waals surface area contributed by atoms with E-state index in [1.54, 1.807) is 12.0 Å². The maximum Gasteiger partial charge on any atom is 0.338 e. The van der Waals surface area contributed by atoms with Crippen molar-refractivity contribution in [3.05, 3.63) is 29.6 Å². The molecule has 1 N–H and O–H groups in total. The van der Waals surface area contributed by atoms with E-state index in [0.29, 0.717) is 13.2 Å². The van der Waals surface area contributed by atoms with Gasteiger partial charge >= 0.3 is 5.97 Å². The van der Waals surface area contributed by atoms with Gasteiger partial charge in [0.1, 0.15) is 5.69 Å². The first kappa shape index (κ1) is 16.1. The average Bonchev–Trinajstić information content (AvgIpc) is 2.46. The number of carbonyl (C=O) groups is 2. The van der Waals surface area contributed by atoms with Gasteiger partial charge in [-0.1, -0.05) is 6.92 Å². The highest BCUT2D eigenvalue weighted by Gasteiger charge is 2.25. The van der Waals surface area contributed by atoms with Crippen molar-refractivity contribution in [2.75, 3.05) is 20.3 Å². The van der Waals surface area contributed by atoms with Gasteiger partial charge in [-0.2, -0.15) is 0 Å². The Labute approximate surface area is 118 Å². The van der Waals surface area contributed by atoms with Gasteiger partial charge in [0.05, 0.1) is 12.2 Å². The number of nitrogens with zero attached hydrogens (tertiary/aromatic N) is 2. The fourth-order valence-corrected chi connectivity index (χ4v) is 1.82. The van der Waals surface area contributed by atoms with Crippen LogP contribution in [0, 0.1) is 0 Å². The van der Waals surface area contributed by atoms with Crippen LogP contribution in [0.25, 0.3) is 0 Å². The van der Waals surface area contributed by atoms with E-state index < -0.39 is 5.97 Å². The van der Waals surface area contributed by atoms with Gasteiger partial charge in [0.2, 0.25) is 0 Å². The number of hydrogen-bond acceptors (Lipinski definition) is 4. The Kier molecular flexibility index (Phi) is 6.11. The van der Waals surface area contributed by atoms with Crippen molar-refractivity contribution >= 4 is 11.9 Å². The van der Waals surface area contributed by atoms with E-state index in [0.717, 1.165) is 6.42 Å². The Hall–Kier alpha value is -1.95. The summed E-state index contributed by atoms with van der Waals surface area (Å²) in [5.41, 5.74) is -0.111. The molecule has 1 heterocycles. The molecule has 0 aliphatic heterocycles. The van der Waals surface area contributed by atoms with E-state index in [9.17, 15) is 9.59 Å². The van der Waals surface area contributed by atoms with Gasteiger partial charge < -0.3 is 14.7 Å². The topological polar surface area (TPSA) is 79.7 Å². The predicted octanol–water partition coefficient (Wildman–Crippen LogP) is 1.67. The molecule has 1 aromatic rings. The van der Waals surface area contributed by atoms with Crippen LogP contribution in [0.1, 0.15) is 41.1 Å². The summed E-state index contributed by atoms with van der Waals surface area (Å²) in [6.07, 6.45) is 2.19. The first-order valence-electron chi connectivity index (χ1n) is 6.51. The molecule has 0 aliphatic rings. The van der Waals surface area contributed by atoms with Gasteiger partial charge in [0.15, 0.2) is 0 Å². The molecule has 0 spiro atoms. The minimum atomic E-state index is -1.16. The largest absolute Gasteiger partial charge is 0.478 e. The van der Waals surface area contributed by atoms with Gasteiger partial charge in [-0.3, -0.25) is 9.78 Å². The second-order valence-corrected chi connectivity index (χ2v) is 4.45. The van der Waals surface area contributed by atoms with Crippen LogP contribution in [0.15, 0.2) is 18.3 Å². The Balaban J connectivity index is 3.08. The first-order valence-corrected chi connectivity index (χ1v) is 6.51. The van der Waals surface area contributed by atoms with Crippen molar-refractivity contribution in [2.24, 2.45) is 0 Å². The average molecular weight is 280 g/mol. The number of ether oxygens (including phenoxy) is 1. The maximum atomic E-state index is 12.5. The molecule has 0 fully saturated rings. The van der Waals surface area contributed by atoms with E-state index in [1.165, 1.54) is 18.3 Å². The Morgan fingerprint density at radius 1 is 1.50 bits per heavy atom. The third kappa shape index (κ3) is 3.77. The standard InChI is InChI=1S/C14H20N2O4/c1-4-10(2)16(8-9-20-3)13(17)12-11(14(18)19)6-5-7-15-12/h5-7,10H,4,8-9H2,1-3H3,(H,18,19). The van der Waals surface area contributed by atoms with Gasteiger partial charge in [-0.05, 0) is 25.5 Å². The molecule has 110 valence electrons. The molecule has 1 rings (SSSR count). The van der Waals surface area contributed by atoms with Crippen LogP contribution in [0.3, 0.4) is 0 Å². The molecule has 0 radical (unpaired) electrons. The molecule has 0 aromatic carbocycles. The predicted molar refractivity (Wildman–Crippen MR) is 73.9 cm³/mol. The van der Waals surface area contributed by atoms with Crippen molar-refractivity contribution in [3.8, 4) is 0 Å². The van der Waals surface area contributed by atoms with Crippen molar-refractivity contribution in [1.82, 2.24) is 9.88 Å². The molecule has 6 heteroatoms. The summed E-state index contributed by atoms with van der Waals surface area (Å²) in [4.78, 5) is 29.2. The molecule has 1 amide bonds. The van der Waals surface area contributed by atoms with Gasteiger partial charge in [-0.15, -0.1) is 0 Å². The smallest absolute Gasteiger partial charge is 0.338 e. The lowest BCUT2D eigenvalue weighted by Crippen LogP contribution is -2.41. The molecule has 6 nitrogen and oxygen atoms in total. The van der Waals surface area contributed by atoms with Crippen LogP contribution in [0.2, 0.25) is 0 Å². The van der Waals surface area contributed by atoms with Crippen LogP contribution >= 0.6 is 0 Å². The van der Waals surface area contributed by atoms with Crippen molar-refractivity contribution in [3.63, 3.8) is 0 Å². The monoisotopic (exact) mass is 280 g/mol. The number of methoxy groups -OCH3 is 1. The third-order valence-electron chi connectivity index (χ3n) is 3.16. The number of aromatic carboxylic acids is 1. The summed E-state index contributed by atoms with van der Waals surface area (Å²) < 4.78 is 5.00. The van der Waals surface area contributed by atoms with E-state index in [4.69, 9.17) is 9.84 Å². The van der Waals surface area contributed by atoms with E-state index in [-0.39, 0.29) is 23.2 Å². The lowest BCUT2D eigenvalue weighted by molar-refractivity contribution is 0.0590. The zero-order valence-electron chi connectivity index (χ0n) is 12.0. The minimum Gasteiger partial charge on any atom is -0.478 e. The molecule has 20 heavy (non-hydrogen) atoms. The molecular weight excluding hydrogens is 260 g/mol. The normalized spacial score (nSPS) is 11.9. The van der Waals surface area contributed by atoms with Gasteiger partial charge in [0.25, 0.3) is 5.91 Å². The second-order valence-electron chi connectivity index (χ2n) is 4.45. The number of aromatic nitrogens is 1. The lowest BCUT2D eigenvalue weighted by Gasteiger charge is -2.28. The highest BCUT2D eigenvalue weighted by Crippen LogP contribution is 2.13. The fourth-order valence-electron chi connectivity index (χ4n) is 1.82. The highest BCUT2D eigenvalue weighted by molar-refractivity contribution is 6.03. The molecule has 0 saturated heterocycles. The molecule has 0 saturated carbocycles. The number of hydrogen-bond donors (Lipinski definition) is 1. The molecule has 1 atom stereocenters. The number of carboxylic acid groups (broad SMARTS) is 1. The van der Waals surface area contributed by atoms with E-state index in [2.05, 4.69) is 4.98 Å². The molecule has 0 bridgehead atoms. The van der Waals surface area contributed by atoms with Gasteiger partial charge in [0, 0.05) is 25.9 Å². The van der Waals surface area contributed by atoms with Crippen LogP contribution in [0.4, 0.5) is 0 Å². The number of carboxylic acids is 1. The molecule has 1 aromatic heterocycles. The van der Waals surface area contributed by atoms with Crippen LogP contribution in [-0.2, 0) is 4.74 Å². The van der Waals surface area contributed by atoms with Crippen molar-refractivity contribution < 1.29 is 19.4 Å². The summed E-state index contributed by atoms with van der Waals surface area (Å²) in [6.45, 7) is 4.68. The number of rotatable bonds is 7. The van der Waals surface area contributed by atoms with Crippen molar-refractivity contribution in [2.45, 2.75) is 26.3 Å². The first-order chi connectivity index (χ1) is 9.52. The minimum absolute atomic E-state index is 0.0127. The third-order valence-corrected chi connectivity index (χ3v) is 3.16. The zero-order chi connectivity index (χ0) is 15.1. The molecule has 0 aliphatic carbocycles. The summed E-state index contributed by atoms with van der Waals surface area (Å²) in [5.74, 6) is -1.54. The highest BCUT2D eigenvalue weighted by atomic mass is 16.5.